The van der Waals surface area contributed by atoms with Crippen molar-refractivity contribution in [2.24, 2.45) is 0 Å². The molecule has 54 valence electrons. The highest BCUT2D eigenvalue weighted by atomic mass is 35.5. The third-order valence-electron chi connectivity index (χ3n) is 2.07. The van der Waals surface area contributed by atoms with Gasteiger partial charge in [-0.05, 0) is 19.8 Å². The predicted molar refractivity (Wildman–Crippen MR) is 38.7 cm³/mol. The molecule has 0 amide bonds. The molecule has 1 saturated carbocycles. The monoisotopic (exact) mass is 148 g/mol. The minimum atomic E-state index is -0.597. The molecule has 1 rings (SSSR count). The van der Waals surface area contributed by atoms with Crippen LogP contribution in [0, 0.1) is 0 Å². The predicted octanol–water partition coefficient (Wildman–Crippen LogP) is 1.92. The molecule has 1 N–H and O–H groups in total. The Labute approximate surface area is 61.0 Å². The largest absolute Gasteiger partial charge is 0.389 e. The van der Waals surface area contributed by atoms with E-state index in [1.54, 1.807) is 0 Å². The number of aliphatic hydroxyl groups is 1. The fourth-order valence-corrected chi connectivity index (χ4v) is 1.54. The summed E-state index contributed by atoms with van der Waals surface area (Å²) >= 11 is 5.86. The maximum atomic E-state index is 9.51. The summed E-state index contributed by atoms with van der Waals surface area (Å²) < 4.78 is 0. The van der Waals surface area contributed by atoms with Gasteiger partial charge in [-0.25, -0.2) is 0 Å². The Balaban J connectivity index is 2.49. The number of hydrogen-bond donors (Lipinski definition) is 1. The minimum Gasteiger partial charge on any atom is -0.389 e. The lowest BCUT2D eigenvalue weighted by molar-refractivity contribution is 0.0268. The maximum Gasteiger partial charge on any atom is 0.0782 e. The molecule has 0 aromatic carbocycles. The van der Waals surface area contributed by atoms with Crippen molar-refractivity contribution in [3.8, 4) is 0 Å². The molecule has 0 bridgehead atoms. The van der Waals surface area contributed by atoms with Crippen LogP contribution in [0.1, 0.15) is 32.6 Å². The Morgan fingerprint density at radius 2 is 2.22 bits per heavy atom. The van der Waals surface area contributed by atoms with E-state index >= 15 is 0 Å². The van der Waals surface area contributed by atoms with Crippen molar-refractivity contribution in [1.29, 1.82) is 0 Å². The Bertz CT molecular complexity index is 101. The van der Waals surface area contributed by atoms with Crippen LogP contribution in [0.2, 0.25) is 0 Å². The maximum absolute atomic E-state index is 9.51. The second-order valence-electron chi connectivity index (χ2n) is 3.07. The van der Waals surface area contributed by atoms with Crippen molar-refractivity contribution in [1.82, 2.24) is 0 Å². The Morgan fingerprint density at radius 3 is 2.56 bits per heavy atom. The molecule has 0 saturated heterocycles. The van der Waals surface area contributed by atoms with Crippen LogP contribution >= 0.6 is 11.6 Å². The van der Waals surface area contributed by atoms with Crippen molar-refractivity contribution in [3.63, 3.8) is 0 Å². The molecular formula is C7H13ClO. The molecule has 1 aliphatic rings. The normalized spacial score (nSPS) is 45.0. The molecule has 9 heavy (non-hydrogen) atoms. The molecule has 1 nitrogen and oxygen atoms in total. The topological polar surface area (TPSA) is 20.2 Å². The van der Waals surface area contributed by atoms with Crippen LogP contribution in [-0.4, -0.2) is 16.1 Å². The third-order valence-corrected chi connectivity index (χ3v) is 2.75. The zero-order valence-corrected chi connectivity index (χ0v) is 6.49. The molecule has 2 atom stereocenters. The fourth-order valence-electron chi connectivity index (χ4n) is 1.27. The van der Waals surface area contributed by atoms with Gasteiger partial charge in [-0.1, -0.05) is 12.8 Å². The molecule has 0 spiro atoms. The van der Waals surface area contributed by atoms with Crippen LogP contribution in [0.25, 0.3) is 0 Å². The molecule has 0 aliphatic heterocycles. The molecule has 1 fully saturated rings. The van der Waals surface area contributed by atoms with Crippen molar-refractivity contribution >= 4 is 11.6 Å². The SMILES string of the molecule is C[C@]1(O)CCCCC1Cl. The molecule has 0 radical (unpaired) electrons. The van der Waals surface area contributed by atoms with Gasteiger partial charge in [0.05, 0.1) is 11.0 Å². The summed E-state index contributed by atoms with van der Waals surface area (Å²) in [4.78, 5) is 0. The van der Waals surface area contributed by atoms with E-state index in [-0.39, 0.29) is 5.38 Å². The average molecular weight is 149 g/mol. The van der Waals surface area contributed by atoms with Gasteiger partial charge in [-0.2, -0.15) is 0 Å². The van der Waals surface area contributed by atoms with Crippen molar-refractivity contribution in [3.05, 3.63) is 0 Å². The summed E-state index contributed by atoms with van der Waals surface area (Å²) in [6, 6.07) is 0. The first-order chi connectivity index (χ1) is 4.13. The second-order valence-corrected chi connectivity index (χ2v) is 3.60. The number of alkyl halides is 1. The molecule has 0 heterocycles. The van der Waals surface area contributed by atoms with E-state index in [1.807, 2.05) is 6.92 Å². The second kappa shape index (κ2) is 2.47. The highest BCUT2D eigenvalue weighted by Crippen LogP contribution is 2.31. The lowest BCUT2D eigenvalue weighted by atomic mass is 9.86. The van der Waals surface area contributed by atoms with E-state index in [0.29, 0.717) is 0 Å². The Hall–Kier alpha value is 0.250. The van der Waals surface area contributed by atoms with Gasteiger partial charge in [0, 0.05) is 0 Å². The first kappa shape index (κ1) is 7.36. The van der Waals surface area contributed by atoms with Gasteiger partial charge < -0.3 is 5.11 Å². The summed E-state index contributed by atoms with van der Waals surface area (Å²) in [5.41, 5.74) is -0.597. The molecule has 1 aliphatic carbocycles. The highest BCUT2D eigenvalue weighted by Gasteiger charge is 2.32. The first-order valence-electron chi connectivity index (χ1n) is 3.49. The first-order valence-corrected chi connectivity index (χ1v) is 3.93. The van der Waals surface area contributed by atoms with Crippen LogP contribution in [0.5, 0.6) is 0 Å². The van der Waals surface area contributed by atoms with Gasteiger partial charge in [-0.15, -0.1) is 11.6 Å². The van der Waals surface area contributed by atoms with Crippen LogP contribution in [0.4, 0.5) is 0 Å². The summed E-state index contributed by atoms with van der Waals surface area (Å²) in [6.45, 7) is 1.82. The van der Waals surface area contributed by atoms with E-state index in [0.717, 1.165) is 19.3 Å². The molecule has 2 heteroatoms. The van der Waals surface area contributed by atoms with Gasteiger partial charge in [0.15, 0.2) is 0 Å². The number of hydrogen-bond acceptors (Lipinski definition) is 1. The number of rotatable bonds is 0. The Morgan fingerprint density at radius 1 is 1.56 bits per heavy atom. The van der Waals surface area contributed by atoms with Gasteiger partial charge in [0.2, 0.25) is 0 Å². The summed E-state index contributed by atoms with van der Waals surface area (Å²) in [7, 11) is 0. The highest BCUT2D eigenvalue weighted by molar-refractivity contribution is 6.21. The van der Waals surface area contributed by atoms with Crippen LogP contribution in [0.15, 0.2) is 0 Å². The third kappa shape index (κ3) is 1.59. The fraction of sp³-hybridized carbons (Fsp3) is 1.00. The van der Waals surface area contributed by atoms with Gasteiger partial charge in [0.1, 0.15) is 0 Å². The van der Waals surface area contributed by atoms with E-state index < -0.39 is 5.60 Å². The number of halogens is 1. The zero-order chi connectivity index (χ0) is 6.91. The van der Waals surface area contributed by atoms with Gasteiger partial charge >= 0.3 is 0 Å². The van der Waals surface area contributed by atoms with E-state index in [9.17, 15) is 5.11 Å². The molecule has 0 aromatic heterocycles. The van der Waals surface area contributed by atoms with Crippen LogP contribution in [0.3, 0.4) is 0 Å². The minimum absolute atomic E-state index is 0.0220. The Kier molecular flexibility index (Phi) is 2.02. The molecule has 1 unspecified atom stereocenters. The van der Waals surface area contributed by atoms with E-state index in [2.05, 4.69) is 0 Å². The quantitative estimate of drug-likeness (QED) is 0.521. The van der Waals surface area contributed by atoms with Crippen molar-refractivity contribution < 1.29 is 5.11 Å². The van der Waals surface area contributed by atoms with E-state index in [4.69, 9.17) is 11.6 Å². The van der Waals surface area contributed by atoms with Crippen molar-refractivity contribution in [2.75, 3.05) is 0 Å². The smallest absolute Gasteiger partial charge is 0.0782 e. The summed E-state index contributed by atoms with van der Waals surface area (Å²) in [6.07, 6.45) is 4.12. The molecular weight excluding hydrogens is 136 g/mol. The van der Waals surface area contributed by atoms with E-state index in [1.165, 1.54) is 6.42 Å². The summed E-state index contributed by atoms with van der Waals surface area (Å²) in [5, 5.41) is 9.49. The lowest BCUT2D eigenvalue weighted by Gasteiger charge is -2.32. The van der Waals surface area contributed by atoms with Crippen LogP contribution in [-0.2, 0) is 0 Å². The summed E-state index contributed by atoms with van der Waals surface area (Å²) in [5.74, 6) is 0. The molecule has 0 aromatic rings. The average Bonchev–Trinajstić information content (AvgIpc) is 1.77. The zero-order valence-electron chi connectivity index (χ0n) is 5.73. The standard InChI is InChI=1S/C7H13ClO/c1-7(9)5-3-2-4-6(7)8/h6,9H,2-5H2,1H3/t6?,7-/m0/s1. The van der Waals surface area contributed by atoms with Crippen molar-refractivity contribution in [2.45, 2.75) is 43.6 Å². The van der Waals surface area contributed by atoms with Gasteiger partial charge in [0.25, 0.3) is 0 Å². The van der Waals surface area contributed by atoms with Crippen LogP contribution < -0.4 is 0 Å². The van der Waals surface area contributed by atoms with Gasteiger partial charge in [-0.3, -0.25) is 0 Å². The lowest BCUT2D eigenvalue weighted by Crippen LogP contribution is -2.38.